The summed E-state index contributed by atoms with van der Waals surface area (Å²) in [6, 6.07) is 33.4. The molecule has 8 rings (SSSR count). The highest BCUT2D eigenvalue weighted by atomic mass is 16.5. The third-order valence-corrected chi connectivity index (χ3v) is 18.0. The Morgan fingerprint density at radius 3 is 2.05 bits per heavy atom. The van der Waals surface area contributed by atoms with Crippen LogP contribution in [0.2, 0.25) is 0 Å². The molecule has 2 bridgehead atoms. The van der Waals surface area contributed by atoms with E-state index in [1.165, 1.54) is 59.8 Å². The third kappa shape index (κ3) is 20.2. The fourth-order valence-electron chi connectivity index (χ4n) is 12.5. The van der Waals surface area contributed by atoms with E-state index >= 15 is 9.59 Å². The minimum Gasteiger partial charge on any atom is -0.493 e. The summed E-state index contributed by atoms with van der Waals surface area (Å²) < 4.78 is 29.0. The number of nitrogens with one attached hydrogen (secondary N) is 2. The zero-order valence-corrected chi connectivity index (χ0v) is 57.0. The summed E-state index contributed by atoms with van der Waals surface area (Å²) in [4.78, 5) is 150. The molecule has 0 radical (unpaired) electrons. The van der Waals surface area contributed by atoms with Crippen LogP contribution in [-0.2, 0) is 76.9 Å². The summed E-state index contributed by atoms with van der Waals surface area (Å²) >= 11 is 0. The van der Waals surface area contributed by atoms with Crippen molar-refractivity contribution in [3.05, 3.63) is 167 Å². The van der Waals surface area contributed by atoms with Crippen LogP contribution in [0.15, 0.2) is 140 Å². The molecule has 0 saturated carbocycles. The second-order valence-corrected chi connectivity index (χ2v) is 26.3. The number of hydrogen-bond donors (Lipinski definition) is 2. The molecule has 3 heterocycles. The zero-order chi connectivity index (χ0) is 69.8. The van der Waals surface area contributed by atoms with Crippen LogP contribution >= 0.6 is 0 Å². The SMILES string of the molecule is COc1ccc(CC[C@H]2OC(=O)[C@@H]3CCCCN3C(=O)C(=O)C(C)(C)COC(=O)C=CCCN(C)C(=O)[C@H](CC(C)C)N(C)C(=O)[C@H]3CCCN3C(=O)[C@H](Cc3ccc(OCc4ccccc4)cc3)NC(=O)C(c3ccccc3)CC(=O)CCC(=O)Nc3cccc2c3)cc1OC. The maximum absolute atomic E-state index is 15.3. The molecule has 6 amide bonds. The number of methoxy groups -OCH3 is 2. The molecule has 2 fully saturated rings. The number of Topliss-reactive ketones (excluding diaryl/α,β-unsaturated/α-hetero) is 2. The van der Waals surface area contributed by atoms with Crippen molar-refractivity contribution in [2.75, 3.05) is 59.9 Å². The van der Waals surface area contributed by atoms with E-state index in [-0.39, 0.29) is 76.4 Å². The first-order valence-corrected chi connectivity index (χ1v) is 33.5. The number of piperidine rings is 1. The van der Waals surface area contributed by atoms with Gasteiger partial charge in [-0.15, -0.1) is 0 Å². The van der Waals surface area contributed by atoms with Crippen LogP contribution in [0, 0.1) is 11.3 Å². The molecule has 0 spiro atoms. The van der Waals surface area contributed by atoms with Crippen molar-refractivity contribution in [2.45, 2.75) is 154 Å². The summed E-state index contributed by atoms with van der Waals surface area (Å²) in [5.74, 6) is -5.77. The second-order valence-electron chi connectivity index (χ2n) is 26.3. The van der Waals surface area contributed by atoms with Gasteiger partial charge in [0.15, 0.2) is 11.5 Å². The van der Waals surface area contributed by atoms with E-state index in [4.69, 9.17) is 23.7 Å². The van der Waals surface area contributed by atoms with Crippen molar-refractivity contribution in [2.24, 2.45) is 11.3 Å². The topological polar surface area (TPSA) is 254 Å². The van der Waals surface area contributed by atoms with Crippen LogP contribution in [0.4, 0.5) is 5.69 Å². The highest BCUT2D eigenvalue weighted by Gasteiger charge is 2.44. The molecule has 6 atom stereocenters. The molecule has 2 N–H and O–H groups in total. The van der Waals surface area contributed by atoms with Crippen molar-refractivity contribution in [3.8, 4) is 17.2 Å². The van der Waals surface area contributed by atoms with Gasteiger partial charge < -0.3 is 53.9 Å². The Morgan fingerprint density at radius 1 is 0.660 bits per heavy atom. The second kappa shape index (κ2) is 34.8. The summed E-state index contributed by atoms with van der Waals surface area (Å²) in [6.07, 6.45) is 4.05. The lowest BCUT2D eigenvalue weighted by atomic mass is 9.87. The number of carbonyl (C=O) groups is 10. The normalized spacial score (nSPS) is 22.1. The highest BCUT2D eigenvalue weighted by Crippen LogP contribution is 2.34. The Labute approximate surface area is 568 Å². The Bertz CT molecular complexity index is 3610. The van der Waals surface area contributed by atoms with Crippen molar-refractivity contribution < 1.29 is 71.6 Å². The monoisotopic (exact) mass is 1330 g/mol. The van der Waals surface area contributed by atoms with Gasteiger partial charge >= 0.3 is 11.9 Å². The van der Waals surface area contributed by atoms with E-state index in [0.717, 1.165) is 11.1 Å². The lowest BCUT2D eigenvalue weighted by molar-refractivity contribution is -0.165. The van der Waals surface area contributed by atoms with Gasteiger partial charge in [0.1, 0.15) is 55.0 Å². The lowest BCUT2D eigenvalue weighted by Crippen LogP contribution is -2.57. The van der Waals surface area contributed by atoms with Crippen LogP contribution in [0.25, 0.3) is 0 Å². The number of hydrogen-bond acceptors (Lipinski definition) is 15. The molecule has 0 aromatic heterocycles. The van der Waals surface area contributed by atoms with Gasteiger partial charge in [0.05, 0.1) is 25.6 Å². The number of aryl methyl sites for hydroxylation is 1. The molecule has 21 heteroatoms. The number of likely N-dealkylation sites (N-methyl/N-ethyl adjacent to an activating group) is 2. The number of ether oxygens (including phenoxy) is 5. The molecule has 5 aromatic carbocycles. The number of fused-ring (bicyclic) bond motifs is 4. The minimum atomic E-state index is -1.51. The zero-order valence-electron chi connectivity index (χ0n) is 57.0. The van der Waals surface area contributed by atoms with Crippen molar-refractivity contribution in [3.63, 3.8) is 0 Å². The number of esters is 2. The Kier molecular flexibility index (Phi) is 26.3. The number of rotatable bonds is 13. The van der Waals surface area contributed by atoms with Gasteiger partial charge in [-0.3, -0.25) is 38.4 Å². The number of benzene rings is 5. The summed E-state index contributed by atoms with van der Waals surface area (Å²) in [6.45, 7) is 7.11. The van der Waals surface area contributed by atoms with Gasteiger partial charge in [-0.1, -0.05) is 111 Å². The van der Waals surface area contributed by atoms with Gasteiger partial charge in [-0.2, -0.15) is 0 Å². The maximum Gasteiger partial charge on any atom is 0.330 e. The predicted octanol–water partition coefficient (Wildman–Crippen LogP) is 9.49. The lowest BCUT2D eigenvalue weighted by Gasteiger charge is -2.36. The molecule has 2 saturated heterocycles. The van der Waals surface area contributed by atoms with Crippen LogP contribution in [-0.4, -0.2) is 157 Å². The third-order valence-electron chi connectivity index (χ3n) is 18.0. The largest absolute Gasteiger partial charge is 0.493 e. The van der Waals surface area contributed by atoms with Crippen LogP contribution < -0.4 is 24.8 Å². The minimum absolute atomic E-state index is 0.00208. The van der Waals surface area contributed by atoms with Crippen LogP contribution in [0.3, 0.4) is 0 Å². The van der Waals surface area contributed by atoms with Gasteiger partial charge in [0.25, 0.3) is 5.91 Å². The van der Waals surface area contributed by atoms with Crippen LogP contribution in [0.1, 0.15) is 138 Å². The standard InChI is InChI=1S/C76H92N6O15/c1-50(2)43-63-72(89)79(5)40-17-16-29-68(85)96-49-76(3,4)69(86)74(91)82-41-18-15-27-62(82)75(92)97-64(37-32-52-33-38-65(93-7)66(45-52)94-8)55-25-19-26-56(46-55)77-67(84)39-34-57(83)47-59(54-23-13-10-14-24-54)70(87)78-60(71(88)81-42-20-28-61(81)73(90)80(63)6)44-51-30-35-58(36-31-51)95-48-53-21-11-9-12-22-53/h9-14,16,19,21-26,29-31,33,35-36,38,45-46,50,59-64H,15,17-18,20,27-28,32,34,37,39-44,47-49H2,1-8H3,(H,77,84)(H,78,87)/t59?,60-,61+,62-,63-,64+/m0/s1. The smallest absolute Gasteiger partial charge is 0.330 e. The fourth-order valence-corrected chi connectivity index (χ4v) is 12.5. The molecule has 21 nitrogen and oxygen atoms in total. The Balaban J connectivity index is 1.09. The van der Waals surface area contributed by atoms with E-state index in [2.05, 4.69) is 10.6 Å². The number of nitrogens with zero attached hydrogens (tertiary/aromatic N) is 4. The number of carbonyl (C=O) groups excluding carboxylic acids is 10. The number of amides is 6. The summed E-state index contributed by atoms with van der Waals surface area (Å²) in [5.41, 5.74) is 2.29. The average molecular weight is 1330 g/mol. The molecular weight excluding hydrogens is 1240 g/mol. The quantitative estimate of drug-likeness (QED) is 0.0822. The van der Waals surface area contributed by atoms with Gasteiger partial charge in [0, 0.05) is 71.2 Å². The van der Waals surface area contributed by atoms with E-state index in [1.807, 2.05) is 56.3 Å². The first-order valence-electron chi connectivity index (χ1n) is 33.5. The molecule has 516 valence electrons. The maximum atomic E-state index is 15.3. The number of cyclic esters (lactones) is 2. The van der Waals surface area contributed by atoms with Gasteiger partial charge in [-0.25, -0.2) is 9.59 Å². The number of ketones is 2. The Hall–Kier alpha value is -9.66. The molecule has 0 aliphatic carbocycles. The molecule has 5 aromatic rings. The average Bonchev–Trinajstić information content (AvgIpc) is 1.90. The number of anilines is 1. The van der Waals surface area contributed by atoms with Crippen LogP contribution in [0.5, 0.6) is 17.2 Å². The van der Waals surface area contributed by atoms with Crippen molar-refractivity contribution >= 4 is 64.6 Å². The first kappa shape index (κ1) is 73.2. The molecule has 1 unspecified atom stereocenters. The van der Waals surface area contributed by atoms with Gasteiger partial charge in [0.2, 0.25) is 35.3 Å². The molecule has 3 aliphatic rings. The summed E-state index contributed by atoms with van der Waals surface area (Å²) in [5, 5.41) is 5.90. The van der Waals surface area contributed by atoms with E-state index < -0.39 is 101 Å². The first-order chi connectivity index (χ1) is 46.5. The van der Waals surface area contributed by atoms with E-state index in [9.17, 15) is 38.4 Å². The molecular formula is C76H92N6O15. The van der Waals surface area contributed by atoms with E-state index in [0.29, 0.717) is 84.8 Å². The van der Waals surface area contributed by atoms with Crippen molar-refractivity contribution in [1.82, 2.24) is 24.9 Å². The van der Waals surface area contributed by atoms with E-state index in [1.54, 1.807) is 99.0 Å². The fraction of sp³-hybridized carbons (Fsp3) is 0.447. The highest BCUT2D eigenvalue weighted by molar-refractivity contribution is 6.38. The molecule has 97 heavy (non-hydrogen) atoms. The predicted molar refractivity (Wildman–Crippen MR) is 364 cm³/mol. The molecule has 3 aliphatic heterocycles. The summed E-state index contributed by atoms with van der Waals surface area (Å²) in [7, 11) is 6.20. The van der Waals surface area contributed by atoms with Gasteiger partial charge in [-0.05, 0) is 142 Å². The van der Waals surface area contributed by atoms with Crippen molar-refractivity contribution in [1.29, 1.82) is 0 Å². The Morgan fingerprint density at radius 2 is 1.34 bits per heavy atom.